The van der Waals surface area contributed by atoms with Crippen molar-refractivity contribution < 1.29 is 4.79 Å². The summed E-state index contributed by atoms with van der Waals surface area (Å²) in [5.41, 5.74) is 2.08. The SMILES string of the molecule is O=C(Cc1nccn1CCCc1ccccc1)c1ccccc1. The lowest BCUT2D eigenvalue weighted by molar-refractivity contribution is 0.0989. The first kappa shape index (κ1) is 15.2. The molecule has 0 bridgehead atoms. The van der Waals surface area contributed by atoms with Crippen molar-refractivity contribution in [1.29, 1.82) is 0 Å². The van der Waals surface area contributed by atoms with E-state index in [-0.39, 0.29) is 5.78 Å². The van der Waals surface area contributed by atoms with Crippen molar-refractivity contribution in [3.63, 3.8) is 0 Å². The fourth-order valence-corrected chi connectivity index (χ4v) is 2.68. The highest BCUT2D eigenvalue weighted by Gasteiger charge is 2.10. The molecule has 0 unspecified atom stereocenters. The van der Waals surface area contributed by atoms with Crippen LogP contribution in [0.1, 0.15) is 28.2 Å². The van der Waals surface area contributed by atoms with E-state index in [4.69, 9.17) is 0 Å². The third-order valence-electron chi connectivity index (χ3n) is 3.92. The zero-order valence-electron chi connectivity index (χ0n) is 13.1. The molecule has 0 spiro atoms. The number of carbonyl (C=O) groups excluding carboxylic acids is 1. The predicted molar refractivity (Wildman–Crippen MR) is 91.5 cm³/mol. The predicted octanol–water partition coefficient (Wildman–Crippen LogP) is 3.94. The Bertz CT molecular complexity index is 748. The van der Waals surface area contributed by atoms with Crippen LogP contribution >= 0.6 is 0 Å². The molecular formula is C20H20N2O. The number of aryl methyl sites for hydroxylation is 2. The van der Waals surface area contributed by atoms with Gasteiger partial charge in [-0.3, -0.25) is 4.79 Å². The van der Waals surface area contributed by atoms with E-state index in [1.54, 1.807) is 6.20 Å². The second-order valence-electron chi connectivity index (χ2n) is 5.59. The lowest BCUT2D eigenvalue weighted by Crippen LogP contribution is -2.10. The molecule has 3 rings (SSSR count). The summed E-state index contributed by atoms with van der Waals surface area (Å²) in [6, 6.07) is 19.9. The van der Waals surface area contributed by atoms with Gasteiger partial charge in [0.05, 0.1) is 6.42 Å². The number of Topliss-reactive ketones (excluding diaryl/α,β-unsaturated/α-hetero) is 1. The molecule has 23 heavy (non-hydrogen) atoms. The van der Waals surface area contributed by atoms with Gasteiger partial charge in [0.15, 0.2) is 5.78 Å². The van der Waals surface area contributed by atoms with Crippen LogP contribution in [0.3, 0.4) is 0 Å². The minimum absolute atomic E-state index is 0.112. The van der Waals surface area contributed by atoms with Crippen LogP contribution in [-0.4, -0.2) is 15.3 Å². The van der Waals surface area contributed by atoms with Crippen molar-refractivity contribution in [3.8, 4) is 0 Å². The van der Waals surface area contributed by atoms with Crippen LogP contribution in [0.4, 0.5) is 0 Å². The van der Waals surface area contributed by atoms with Gasteiger partial charge in [0.25, 0.3) is 0 Å². The number of nitrogens with zero attached hydrogens (tertiary/aromatic N) is 2. The molecule has 0 radical (unpaired) electrons. The van der Waals surface area contributed by atoms with Gasteiger partial charge in [0, 0.05) is 24.5 Å². The van der Waals surface area contributed by atoms with Gasteiger partial charge in [0.2, 0.25) is 0 Å². The van der Waals surface area contributed by atoms with Crippen LogP contribution in [0.15, 0.2) is 73.1 Å². The highest BCUT2D eigenvalue weighted by Crippen LogP contribution is 2.09. The zero-order valence-corrected chi connectivity index (χ0v) is 13.1. The standard InChI is InChI=1S/C20H20N2O/c23-19(18-11-5-2-6-12-18)16-20-21-13-15-22(20)14-7-10-17-8-3-1-4-9-17/h1-6,8-9,11-13,15H,7,10,14,16H2. The minimum Gasteiger partial charge on any atom is -0.335 e. The number of imidazole rings is 1. The monoisotopic (exact) mass is 304 g/mol. The number of hydrogen-bond donors (Lipinski definition) is 0. The smallest absolute Gasteiger partial charge is 0.170 e. The summed E-state index contributed by atoms with van der Waals surface area (Å²) in [5.74, 6) is 0.952. The molecule has 3 heteroatoms. The molecule has 0 saturated carbocycles. The molecular weight excluding hydrogens is 284 g/mol. The van der Waals surface area contributed by atoms with Crippen LogP contribution in [-0.2, 0) is 19.4 Å². The normalized spacial score (nSPS) is 10.6. The fourth-order valence-electron chi connectivity index (χ4n) is 2.68. The Labute approximate surface area is 136 Å². The van der Waals surface area contributed by atoms with E-state index in [1.165, 1.54) is 5.56 Å². The third-order valence-corrected chi connectivity index (χ3v) is 3.92. The van der Waals surface area contributed by atoms with Gasteiger partial charge >= 0.3 is 0 Å². The van der Waals surface area contributed by atoms with Crippen molar-refractivity contribution in [1.82, 2.24) is 9.55 Å². The van der Waals surface area contributed by atoms with Crippen molar-refractivity contribution >= 4 is 5.78 Å². The number of benzene rings is 2. The zero-order chi connectivity index (χ0) is 15.9. The van der Waals surface area contributed by atoms with Crippen LogP contribution in [0, 0.1) is 0 Å². The average molecular weight is 304 g/mol. The van der Waals surface area contributed by atoms with E-state index in [2.05, 4.69) is 33.8 Å². The Kier molecular flexibility index (Phi) is 4.99. The van der Waals surface area contributed by atoms with Crippen LogP contribution in [0.2, 0.25) is 0 Å². The number of aromatic nitrogens is 2. The molecule has 0 aliphatic carbocycles. The first-order chi connectivity index (χ1) is 11.3. The maximum Gasteiger partial charge on any atom is 0.170 e. The Morgan fingerprint density at radius 2 is 1.65 bits per heavy atom. The van der Waals surface area contributed by atoms with Gasteiger partial charge in [0.1, 0.15) is 5.82 Å². The summed E-state index contributed by atoms with van der Waals surface area (Å²) in [6.45, 7) is 0.881. The molecule has 0 atom stereocenters. The van der Waals surface area contributed by atoms with Crippen molar-refractivity contribution in [2.45, 2.75) is 25.8 Å². The summed E-state index contributed by atoms with van der Waals surface area (Å²) >= 11 is 0. The van der Waals surface area contributed by atoms with E-state index in [0.29, 0.717) is 6.42 Å². The highest BCUT2D eigenvalue weighted by molar-refractivity contribution is 5.97. The summed E-state index contributed by atoms with van der Waals surface area (Å²) in [6.07, 6.45) is 6.15. The molecule has 3 aromatic rings. The van der Waals surface area contributed by atoms with E-state index in [1.807, 2.05) is 42.6 Å². The molecule has 0 aliphatic heterocycles. The van der Waals surface area contributed by atoms with Gasteiger partial charge in [-0.1, -0.05) is 60.7 Å². The highest BCUT2D eigenvalue weighted by atomic mass is 16.1. The topological polar surface area (TPSA) is 34.9 Å². The van der Waals surface area contributed by atoms with Crippen molar-refractivity contribution in [2.75, 3.05) is 0 Å². The van der Waals surface area contributed by atoms with E-state index < -0.39 is 0 Å². The third kappa shape index (κ3) is 4.16. The Balaban J connectivity index is 1.58. The van der Waals surface area contributed by atoms with Crippen LogP contribution in [0.25, 0.3) is 0 Å². The number of rotatable bonds is 7. The molecule has 0 fully saturated rings. The second kappa shape index (κ2) is 7.54. The van der Waals surface area contributed by atoms with Crippen molar-refractivity contribution in [3.05, 3.63) is 90.0 Å². The molecule has 1 heterocycles. The molecule has 0 N–H and O–H groups in total. The summed E-state index contributed by atoms with van der Waals surface area (Å²) in [5, 5.41) is 0. The van der Waals surface area contributed by atoms with E-state index in [9.17, 15) is 4.79 Å². The maximum absolute atomic E-state index is 12.3. The van der Waals surface area contributed by atoms with E-state index >= 15 is 0 Å². The Hall–Kier alpha value is -2.68. The molecule has 0 aliphatic rings. The fraction of sp³-hybridized carbons (Fsp3) is 0.200. The molecule has 2 aromatic carbocycles. The van der Waals surface area contributed by atoms with Gasteiger partial charge in [-0.15, -0.1) is 0 Å². The first-order valence-corrected chi connectivity index (χ1v) is 7.95. The van der Waals surface area contributed by atoms with Gasteiger partial charge in [-0.25, -0.2) is 4.98 Å². The summed E-state index contributed by atoms with van der Waals surface area (Å²) < 4.78 is 2.09. The number of ketones is 1. The second-order valence-corrected chi connectivity index (χ2v) is 5.59. The minimum atomic E-state index is 0.112. The van der Waals surface area contributed by atoms with E-state index in [0.717, 1.165) is 30.8 Å². The summed E-state index contributed by atoms with van der Waals surface area (Å²) in [7, 11) is 0. The number of hydrogen-bond acceptors (Lipinski definition) is 2. The molecule has 0 saturated heterocycles. The van der Waals surface area contributed by atoms with Crippen molar-refractivity contribution in [2.24, 2.45) is 0 Å². The molecule has 116 valence electrons. The van der Waals surface area contributed by atoms with Crippen LogP contribution in [0.5, 0.6) is 0 Å². The average Bonchev–Trinajstić information content (AvgIpc) is 3.04. The van der Waals surface area contributed by atoms with Gasteiger partial charge < -0.3 is 4.57 Å². The van der Waals surface area contributed by atoms with Gasteiger partial charge in [-0.05, 0) is 18.4 Å². The quantitative estimate of drug-likeness (QED) is 0.620. The molecule has 0 amide bonds. The number of carbonyl (C=O) groups is 1. The summed E-state index contributed by atoms with van der Waals surface area (Å²) in [4.78, 5) is 16.7. The maximum atomic E-state index is 12.3. The Morgan fingerprint density at radius 1 is 0.957 bits per heavy atom. The van der Waals surface area contributed by atoms with Crippen LogP contribution < -0.4 is 0 Å². The lowest BCUT2D eigenvalue weighted by atomic mass is 10.1. The largest absolute Gasteiger partial charge is 0.335 e. The molecule has 1 aromatic heterocycles. The lowest BCUT2D eigenvalue weighted by Gasteiger charge is -2.08. The molecule has 3 nitrogen and oxygen atoms in total. The van der Waals surface area contributed by atoms with Gasteiger partial charge in [-0.2, -0.15) is 0 Å². The first-order valence-electron chi connectivity index (χ1n) is 7.95. The Morgan fingerprint density at radius 3 is 2.39 bits per heavy atom.